The van der Waals surface area contributed by atoms with Gasteiger partial charge in [-0.1, -0.05) is 44.6 Å². The molecule has 0 aromatic rings. The fourth-order valence-corrected chi connectivity index (χ4v) is 16.6. The standard InChI is InChI=1S/C18H40N2O4S6/c1-11-13-29(9,23-7)17(19(3)15-21-5)25-27-28-26-18(20(4)16-22-6)30(10,24-8)14-12-2/h9-16H2,1-8H3. The fourth-order valence-electron chi connectivity index (χ4n) is 2.54. The second-order valence-corrected chi connectivity index (χ2v) is 18.1. The molecule has 6 nitrogen and oxygen atoms in total. The largest absolute Gasteiger partial charge is 0.369 e. The second-order valence-electron chi connectivity index (χ2n) is 6.43. The molecule has 0 aromatic carbocycles. The Kier molecular flexibility index (Phi) is 17.6. The van der Waals surface area contributed by atoms with Gasteiger partial charge in [-0.25, -0.2) is 9.80 Å². The average molecular weight is 541 g/mol. The van der Waals surface area contributed by atoms with Crippen LogP contribution in [0.5, 0.6) is 0 Å². The molecular formula is C18H40N2O4S6. The number of hydrogen-bond acceptors (Lipinski definition) is 8. The Morgan fingerprint density at radius 2 is 1.07 bits per heavy atom. The van der Waals surface area contributed by atoms with E-state index in [2.05, 4.69) is 35.4 Å². The molecule has 0 saturated heterocycles. The van der Waals surface area contributed by atoms with Crippen LogP contribution in [0.3, 0.4) is 0 Å². The van der Waals surface area contributed by atoms with Gasteiger partial charge in [0.25, 0.3) is 0 Å². The highest BCUT2D eigenvalue weighted by Crippen LogP contribution is 2.49. The molecule has 0 heterocycles. The summed E-state index contributed by atoms with van der Waals surface area (Å²) in [5.41, 5.74) is 0. The molecule has 12 heteroatoms. The Labute approximate surface area is 201 Å². The molecule has 2 atom stereocenters. The van der Waals surface area contributed by atoms with Crippen molar-refractivity contribution in [3.63, 3.8) is 0 Å². The quantitative estimate of drug-likeness (QED) is 0.133. The van der Waals surface area contributed by atoms with E-state index < -0.39 is 19.0 Å². The summed E-state index contributed by atoms with van der Waals surface area (Å²) in [6, 6.07) is 0. The second kappa shape index (κ2) is 16.9. The lowest BCUT2D eigenvalue weighted by Gasteiger charge is -2.27. The Morgan fingerprint density at radius 3 is 1.30 bits per heavy atom. The zero-order valence-corrected chi connectivity index (χ0v) is 24.5. The minimum Gasteiger partial charge on any atom is -0.369 e. The lowest BCUT2D eigenvalue weighted by molar-refractivity contribution is 0.127. The molecule has 30 heavy (non-hydrogen) atoms. The van der Waals surface area contributed by atoms with Crippen LogP contribution in [0.25, 0.3) is 0 Å². The molecule has 0 saturated carbocycles. The van der Waals surface area contributed by atoms with Gasteiger partial charge in [0.2, 0.25) is 0 Å². The van der Waals surface area contributed by atoms with Crippen LogP contribution in [0.15, 0.2) is 0 Å². The SMILES string of the molecule is C=S(CCC)(OC)=C(SSSSC(N(C)COC)=S(=C)(CCC)OC)N(C)COC. The summed E-state index contributed by atoms with van der Waals surface area (Å²) in [6.45, 7) is 5.31. The summed E-state index contributed by atoms with van der Waals surface area (Å²) in [4.78, 5) is 4.18. The van der Waals surface area contributed by atoms with Crippen LogP contribution >= 0.6 is 60.2 Å². The maximum Gasteiger partial charge on any atom is 0.107 e. The summed E-state index contributed by atoms with van der Waals surface area (Å²) in [5.74, 6) is 10.7. The van der Waals surface area contributed by atoms with Crippen molar-refractivity contribution in [3.8, 4) is 0 Å². The molecule has 0 fully saturated rings. The van der Waals surface area contributed by atoms with Gasteiger partial charge in [-0.15, -0.1) is 0 Å². The maximum absolute atomic E-state index is 5.89. The van der Waals surface area contributed by atoms with Gasteiger partial charge in [-0.05, 0) is 68.2 Å². The number of methoxy groups -OCH3 is 2. The average Bonchev–Trinajstić information content (AvgIpc) is 2.71. The summed E-state index contributed by atoms with van der Waals surface area (Å²) in [5, 5.41) is 0. The Hall–Kier alpha value is 1.34. The first-order valence-corrected chi connectivity index (χ1v) is 18.0. The van der Waals surface area contributed by atoms with Gasteiger partial charge < -0.3 is 17.8 Å². The van der Waals surface area contributed by atoms with E-state index in [1.807, 2.05) is 14.1 Å². The van der Waals surface area contributed by atoms with Gasteiger partial charge in [0.1, 0.15) is 22.1 Å². The number of hydrogen-bond donors (Lipinski definition) is 0. The maximum atomic E-state index is 5.89. The predicted molar refractivity (Wildman–Crippen MR) is 153 cm³/mol. The van der Waals surface area contributed by atoms with Crippen molar-refractivity contribution in [2.75, 3.05) is 67.5 Å². The van der Waals surface area contributed by atoms with Gasteiger partial charge in [0.15, 0.2) is 0 Å². The highest BCUT2D eigenvalue weighted by atomic mass is 33.7. The monoisotopic (exact) mass is 540 g/mol. The molecule has 0 aliphatic carbocycles. The van der Waals surface area contributed by atoms with Crippen molar-refractivity contribution in [3.05, 3.63) is 0 Å². The topological polar surface area (TPSA) is 43.4 Å². The zero-order chi connectivity index (χ0) is 23.2. The molecular weight excluding hydrogens is 501 g/mol. The van der Waals surface area contributed by atoms with E-state index in [-0.39, 0.29) is 0 Å². The third kappa shape index (κ3) is 10.1. The van der Waals surface area contributed by atoms with Gasteiger partial charge in [-0.3, -0.25) is 0 Å². The first-order valence-electron chi connectivity index (χ1n) is 9.40. The van der Waals surface area contributed by atoms with Gasteiger partial charge in [-0.2, -0.15) is 0 Å². The molecule has 0 aromatic heterocycles. The van der Waals surface area contributed by atoms with Crippen LogP contribution in [0.2, 0.25) is 0 Å². The normalized spacial score (nSPS) is 15.9. The Balaban J connectivity index is 5.60. The minimum atomic E-state index is -1.59. The Bertz CT molecular complexity index is 655. The summed E-state index contributed by atoms with van der Waals surface area (Å²) >= 11 is 0. The molecule has 0 aliphatic rings. The third-order valence-corrected chi connectivity index (χ3v) is 18.0. The smallest absolute Gasteiger partial charge is 0.107 e. The number of rotatable bonds is 13. The highest BCUT2D eigenvalue weighted by Gasteiger charge is 2.19. The van der Waals surface area contributed by atoms with E-state index in [0.29, 0.717) is 13.5 Å². The lowest BCUT2D eigenvalue weighted by Crippen LogP contribution is -2.28. The molecule has 0 rings (SSSR count). The van der Waals surface area contributed by atoms with E-state index in [9.17, 15) is 0 Å². The van der Waals surface area contributed by atoms with E-state index in [1.165, 1.54) is 0 Å². The summed E-state index contributed by atoms with van der Waals surface area (Å²) in [6.07, 6.45) is 2.03. The van der Waals surface area contributed by atoms with Gasteiger partial charge in [0, 0.05) is 39.9 Å². The number of ether oxygens (including phenoxy) is 2. The molecule has 0 aliphatic heterocycles. The fraction of sp³-hybridized carbons (Fsp3) is 0.778. The molecule has 182 valence electrons. The molecule has 0 bridgehead atoms. The van der Waals surface area contributed by atoms with Crippen molar-refractivity contribution in [2.45, 2.75) is 26.7 Å². The zero-order valence-electron chi connectivity index (χ0n) is 19.6. The van der Waals surface area contributed by atoms with Crippen molar-refractivity contribution in [1.29, 1.82) is 0 Å². The minimum absolute atomic E-state index is 0.498. The van der Waals surface area contributed by atoms with E-state index in [0.717, 1.165) is 33.0 Å². The van der Waals surface area contributed by atoms with E-state index >= 15 is 0 Å². The van der Waals surface area contributed by atoms with Crippen LogP contribution in [0.1, 0.15) is 26.7 Å². The Morgan fingerprint density at radius 1 is 0.733 bits per heavy atom. The molecule has 2 unspecified atom stereocenters. The van der Waals surface area contributed by atoms with Crippen molar-refractivity contribution >= 4 is 80.6 Å². The first kappa shape index (κ1) is 31.3. The molecule has 0 radical (unpaired) electrons. The van der Waals surface area contributed by atoms with Crippen LogP contribution in [-0.2, 0) is 17.8 Å². The molecule has 0 spiro atoms. The lowest BCUT2D eigenvalue weighted by atomic mass is 10.6. The summed E-state index contributed by atoms with van der Waals surface area (Å²) < 4.78 is 24.7. The van der Waals surface area contributed by atoms with E-state index in [1.54, 1.807) is 69.7 Å². The molecule has 0 N–H and O–H groups in total. The first-order chi connectivity index (χ1) is 14.2. The van der Waals surface area contributed by atoms with Crippen molar-refractivity contribution < 1.29 is 17.8 Å². The van der Waals surface area contributed by atoms with Crippen LogP contribution in [0.4, 0.5) is 0 Å². The highest BCUT2D eigenvalue weighted by molar-refractivity contribution is 9.29. The van der Waals surface area contributed by atoms with E-state index in [4.69, 9.17) is 17.8 Å². The third-order valence-electron chi connectivity index (χ3n) is 3.85. The predicted octanol–water partition coefficient (Wildman–Crippen LogP) is 5.33. The van der Waals surface area contributed by atoms with Crippen LogP contribution in [0, 0.1) is 0 Å². The van der Waals surface area contributed by atoms with Gasteiger partial charge in [0.05, 0.1) is 0 Å². The van der Waals surface area contributed by atoms with Crippen molar-refractivity contribution in [2.24, 2.45) is 0 Å². The van der Waals surface area contributed by atoms with Crippen LogP contribution in [-0.4, -0.2) is 97.7 Å². The summed E-state index contributed by atoms with van der Waals surface area (Å²) in [7, 11) is 14.5. The molecule has 0 amide bonds. The van der Waals surface area contributed by atoms with Crippen LogP contribution < -0.4 is 0 Å². The number of nitrogens with zero attached hydrogens (tertiary/aromatic N) is 2. The van der Waals surface area contributed by atoms with Crippen molar-refractivity contribution in [1.82, 2.24) is 9.80 Å². The van der Waals surface area contributed by atoms with Gasteiger partial charge >= 0.3 is 0 Å².